The second-order valence-electron chi connectivity index (χ2n) is 5.54. The first kappa shape index (κ1) is 13.9. The molecule has 1 saturated heterocycles. The molecule has 1 heterocycles. The topological polar surface area (TPSA) is 15.3 Å². The van der Waals surface area contributed by atoms with Crippen LogP contribution in [0.3, 0.4) is 0 Å². The summed E-state index contributed by atoms with van der Waals surface area (Å²) in [5, 5.41) is 3.66. The summed E-state index contributed by atoms with van der Waals surface area (Å²) < 4.78 is 1.18. The van der Waals surface area contributed by atoms with Gasteiger partial charge in [-0.2, -0.15) is 0 Å². The van der Waals surface area contributed by atoms with E-state index >= 15 is 0 Å². The molecule has 1 aromatic rings. The monoisotopic (exact) mass is 310 g/mol. The molecule has 2 rings (SSSR count). The molecule has 0 bridgehead atoms. The van der Waals surface area contributed by atoms with Gasteiger partial charge in [0.15, 0.2) is 0 Å². The Kier molecular flexibility index (Phi) is 4.68. The first-order chi connectivity index (χ1) is 8.56. The van der Waals surface area contributed by atoms with E-state index < -0.39 is 0 Å². The Bertz CT molecular complexity index is 397. The highest BCUT2D eigenvalue weighted by Gasteiger charge is 2.22. The molecular formula is C15H23BrN2. The Balaban J connectivity index is 1.94. The number of nitrogens with one attached hydrogen (secondary N) is 1. The molecule has 1 aliphatic rings. The van der Waals surface area contributed by atoms with Crippen molar-refractivity contribution >= 4 is 21.6 Å². The van der Waals surface area contributed by atoms with E-state index in [1.165, 1.54) is 41.7 Å². The molecule has 2 nitrogen and oxygen atoms in total. The molecule has 1 N–H and O–H groups in total. The van der Waals surface area contributed by atoms with Crippen LogP contribution in [0.1, 0.15) is 25.3 Å². The molecule has 1 aliphatic heterocycles. The minimum atomic E-state index is 0.555. The molecule has 100 valence electrons. The molecule has 1 aromatic carbocycles. The second kappa shape index (κ2) is 6.07. The summed E-state index contributed by atoms with van der Waals surface area (Å²) in [5.74, 6) is 0.796. The molecular weight excluding hydrogens is 288 g/mol. The molecule has 0 aliphatic carbocycles. The number of hydrogen-bond acceptors (Lipinski definition) is 2. The summed E-state index contributed by atoms with van der Waals surface area (Å²) in [6, 6.07) is 7.05. The maximum absolute atomic E-state index is 3.66. The van der Waals surface area contributed by atoms with Crippen molar-refractivity contribution in [3.05, 3.63) is 28.2 Å². The Morgan fingerprint density at radius 1 is 1.33 bits per heavy atom. The number of halogens is 1. The van der Waals surface area contributed by atoms with Crippen molar-refractivity contribution in [3.8, 4) is 0 Å². The van der Waals surface area contributed by atoms with Gasteiger partial charge < -0.3 is 10.2 Å². The van der Waals surface area contributed by atoms with Crippen LogP contribution in [0.15, 0.2) is 22.7 Å². The second-order valence-corrected chi connectivity index (χ2v) is 6.39. The van der Waals surface area contributed by atoms with Crippen LogP contribution in [0.4, 0.5) is 5.69 Å². The highest BCUT2D eigenvalue weighted by molar-refractivity contribution is 9.10. The lowest BCUT2D eigenvalue weighted by Crippen LogP contribution is -2.37. The Morgan fingerprint density at radius 2 is 2.00 bits per heavy atom. The van der Waals surface area contributed by atoms with Crippen molar-refractivity contribution in [3.63, 3.8) is 0 Å². The minimum absolute atomic E-state index is 0.555. The van der Waals surface area contributed by atoms with Gasteiger partial charge in [-0.3, -0.25) is 0 Å². The molecule has 1 unspecified atom stereocenters. The first-order valence-corrected chi connectivity index (χ1v) is 7.57. The van der Waals surface area contributed by atoms with E-state index in [0.29, 0.717) is 6.04 Å². The average Bonchev–Trinajstić information content (AvgIpc) is 2.34. The van der Waals surface area contributed by atoms with Crippen molar-refractivity contribution in [2.45, 2.75) is 32.7 Å². The predicted octanol–water partition coefficient (Wildman–Crippen LogP) is 3.90. The molecule has 18 heavy (non-hydrogen) atoms. The Morgan fingerprint density at radius 3 is 2.61 bits per heavy atom. The van der Waals surface area contributed by atoms with Gasteiger partial charge in [-0.25, -0.2) is 0 Å². The summed E-state index contributed by atoms with van der Waals surface area (Å²) >= 11 is 3.55. The summed E-state index contributed by atoms with van der Waals surface area (Å²) in [7, 11) is 2.21. The van der Waals surface area contributed by atoms with Crippen molar-refractivity contribution in [2.24, 2.45) is 5.92 Å². The number of rotatable bonds is 3. The molecule has 0 saturated carbocycles. The first-order valence-electron chi connectivity index (χ1n) is 6.77. The van der Waals surface area contributed by atoms with Gasteiger partial charge in [0.1, 0.15) is 0 Å². The number of likely N-dealkylation sites (tertiary alicyclic amines) is 1. The van der Waals surface area contributed by atoms with Crippen molar-refractivity contribution < 1.29 is 0 Å². The molecule has 3 heteroatoms. The van der Waals surface area contributed by atoms with Crippen LogP contribution >= 0.6 is 15.9 Å². The van der Waals surface area contributed by atoms with Crippen molar-refractivity contribution in [2.75, 3.05) is 25.5 Å². The summed E-state index contributed by atoms with van der Waals surface area (Å²) in [5.41, 5.74) is 2.53. The largest absolute Gasteiger partial charge is 0.382 e. The van der Waals surface area contributed by atoms with Gasteiger partial charge in [0, 0.05) is 16.2 Å². The maximum Gasteiger partial charge on any atom is 0.0345 e. The zero-order chi connectivity index (χ0) is 13.1. The van der Waals surface area contributed by atoms with Crippen LogP contribution in [-0.4, -0.2) is 31.1 Å². The van der Waals surface area contributed by atoms with E-state index in [1.54, 1.807) is 0 Å². The van der Waals surface area contributed by atoms with E-state index in [0.717, 1.165) is 5.92 Å². The number of nitrogens with zero attached hydrogens (tertiary/aromatic N) is 1. The van der Waals surface area contributed by atoms with Gasteiger partial charge in [0.05, 0.1) is 0 Å². The number of piperidine rings is 1. The van der Waals surface area contributed by atoms with Crippen LogP contribution in [0.5, 0.6) is 0 Å². The molecule has 0 amide bonds. The Hall–Kier alpha value is -0.540. The predicted molar refractivity (Wildman–Crippen MR) is 82.2 cm³/mol. The normalized spacial score (nSPS) is 19.8. The lowest BCUT2D eigenvalue weighted by atomic mass is 9.90. The lowest BCUT2D eigenvalue weighted by molar-refractivity contribution is 0.208. The number of anilines is 1. The van der Waals surface area contributed by atoms with Gasteiger partial charge in [0.2, 0.25) is 0 Å². The van der Waals surface area contributed by atoms with Crippen LogP contribution in [0.2, 0.25) is 0 Å². The zero-order valence-electron chi connectivity index (χ0n) is 11.5. The summed E-state index contributed by atoms with van der Waals surface area (Å²) in [4.78, 5) is 2.42. The van der Waals surface area contributed by atoms with E-state index in [-0.39, 0.29) is 0 Å². The lowest BCUT2D eigenvalue weighted by Gasteiger charge is -2.33. The van der Waals surface area contributed by atoms with Crippen molar-refractivity contribution in [1.29, 1.82) is 0 Å². The third-order valence-electron chi connectivity index (χ3n) is 4.02. The third-order valence-corrected chi connectivity index (χ3v) is 4.91. The fourth-order valence-corrected chi connectivity index (χ4v) is 2.89. The van der Waals surface area contributed by atoms with E-state index in [1.807, 2.05) is 0 Å². The van der Waals surface area contributed by atoms with E-state index in [4.69, 9.17) is 0 Å². The quantitative estimate of drug-likeness (QED) is 0.911. The summed E-state index contributed by atoms with van der Waals surface area (Å²) in [6.45, 7) is 6.91. The van der Waals surface area contributed by atoms with Crippen LogP contribution in [-0.2, 0) is 0 Å². The Labute approximate surface area is 119 Å². The zero-order valence-corrected chi connectivity index (χ0v) is 13.1. The molecule has 1 atom stereocenters. The van der Waals surface area contributed by atoms with Gasteiger partial charge in [-0.15, -0.1) is 0 Å². The number of aryl methyl sites for hydroxylation is 1. The fourth-order valence-electron chi connectivity index (χ4n) is 2.64. The van der Waals surface area contributed by atoms with Crippen LogP contribution < -0.4 is 5.32 Å². The van der Waals surface area contributed by atoms with Crippen LogP contribution in [0.25, 0.3) is 0 Å². The third kappa shape index (κ3) is 3.48. The van der Waals surface area contributed by atoms with Gasteiger partial charge in [-0.05, 0) is 76.5 Å². The fraction of sp³-hybridized carbons (Fsp3) is 0.600. The molecule has 0 aromatic heterocycles. The van der Waals surface area contributed by atoms with Gasteiger partial charge in [0.25, 0.3) is 0 Å². The van der Waals surface area contributed by atoms with E-state index in [2.05, 4.69) is 65.2 Å². The standard InChI is InChI=1S/C15H23BrN2/c1-11-10-14(4-5-15(11)16)17-12(2)13-6-8-18(3)9-7-13/h4-5,10,12-13,17H,6-9H2,1-3H3. The van der Waals surface area contributed by atoms with Gasteiger partial charge >= 0.3 is 0 Å². The summed E-state index contributed by atoms with van der Waals surface area (Å²) in [6.07, 6.45) is 2.61. The molecule has 0 spiro atoms. The minimum Gasteiger partial charge on any atom is -0.382 e. The smallest absolute Gasteiger partial charge is 0.0345 e. The highest BCUT2D eigenvalue weighted by Crippen LogP contribution is 2.25. The van der Waals surface area contributed by atoms with E-state index in [9.17, 15) is 0 Å². The average molecular weight is 311 g/mol. The van der Waals surface area contributed by atoms with Crippen LogP contribution in [0, 0.1) is 12.8 Å². The highest BCUT2D eigenvalue weighted by atomic mass is 79.9. The van der Waals surface area contributed by atoms with Gasteiger partial charge in [-0.1, -0.05) is 15.9 Å². The number of benzene rings is 1. The SMILES string of the molecule is Cc1cc(NC(C)C2CCN(C)CC2)ccc1Br. The number of hydrogen-bond donors (Lipinski definition) is 1. The molecule has 1 fully saturated rings. The van der Waals surface area contributed by atoms with Crippen molar-refractivity contribution in [1.82, 2.24) is 4.90 Å². The molecule has 0 radical (unpaired) electrons. The maximum atomic E-state index is 3.66.